The summed E-state index contributed by atoms with van der Waals surface area (Å²) in [6.07, 6.45) is -0.306. The minimum Gasteiger partial charge on any atom is -0.391 e. The second-order valence-corrected chi connectivity index (χ2v) is 13.9. The van der Waals surface area contributed by atoms with E-state index in [0.29, 0.717) is 6.42 Å². The number of hydrogen-bond acceptors (Lipinski definition) is 14. The Labute approximate surface area is 338 Å². The summed E-state index contributed by atoms with van der Waals surface area (Å²) < 4.78 is 0. The van der Waals surface area contributed by atoms with E-state index in [4.69, 9.17) is 22.9 Å². The normalized spacial score (nSPS) is 18.0. The number of likely N-dealkylation sites (N-methyl/N-ethyl adjacent to an activating group) is 1. The number of likely N-dealkylation sites (tertiary alicyclic amines) is 1. The van der Waals surface area contributed by atoms with Crippen LogP contribution in [0.25, 0.3) is 0 Å². The molecule has 0 saturated carbocycles. The summed E-state index contributed by atoms with van der Waals surface area (Å²) in [6, 6.07) is -7.49. The molecular formula is C35H65N13O10. The quantitative estimate of drug-likeness (QED) is 0.0366. The average Bonchev–Trinajstić information content (AvgIpc) is 3.43. The van der Waals surface area contributed by atoms with Crippen molar-refractivity contribution >= 4 is 53.2 Å². The molecule has 1 fully saturated rings. The number of rotatable bonds is 27. The summed E-state index contributed by atoms with van der Waals surface area (Å²) in [5, 5.41) is 30.0. The van der Waals surface area contributed by atoms with Crippen molar-refractivity contribution in [2.75, 3.05) is 45.8 Å². The highest BCUT2D eigenvalue weighted by Gasteiger charge is 2.44. The Balaban J connectivity index is 2.89. The Kier molecular flexibility index (Phi) is 23.6. The highest BCUT2D eigenvalue weighted by atomic mass is 16.3. The highest BCUT2D eigenvalue weighted by Crippen LogP contribution is 2.24. The molecule has 0 aromatic heterocycles. The van der Waals surface area contributed by atoms with Crippen molar-refractivity contribution in [1.82, 2.24) is 47.4 Å². The van der Waals surface area contributed by atoms with Gasteiger partial charge >= 0.3 is 0 Å². The third-order valence-corrected chi connectivity index (χ3v) is 9.06. The molecular weight excluding hydrogens is 762 g/mol. The molecule has 8 unspecified atom stereocenters. The number of nitrogens with zero attached hydrogens (tertiary/aromatic N) is 1. The first-order valence-corrected chi connectivity index (χ1v) is 19.6. The lowest BCUT2D eigenvalue weighted by Gasteiger charge is -2.32. The van der Waals surface area contributed by atoms with Crippen molar-refractivity contribution in [3.63, 3.8) is 0 Å². The van der Waals surface area contributed by atoms with Crippen LogP contribution in [0.3, 0.4) is 0 Å². The molecule has 58 heavy (non-hydrogen) atoms. The Morgan fingerprint density at radius 1 is 0.672 bits per heavy atom. The van der Waals surface area contributed by atoms with Crippen LogP contribution in [0.4, 0.5) is 0 Å². The molecule has 1 aliphatic rings. The smallest absolute Gasteiger partial charge is 0.246 e. The van der Waals surface area contributed by atoms with Gasteiger partial charge < -0.3 is 75.5 Å². The van der Waals surface area contributed by atoms with E-state index in [9.17, 15) is 48.3 Å². The summed E-state index contributed by atoms with van der Waals surface area (Å²) in [5.41, 5.74) is 22.7. The van der Waals surface area contributed by atoms with E-state index < -0.39 is 109 Å². The predicted molar refractivity (Wildman–Crippen MR) is 210 cm³/mol. The molecule has 330 valence electrons. The standard InChI is InChI=1S/C35H65N13O10/c1-5-7-26(50)43-21(8-12-36)30(53)41-17-27(51)44-22(9-13-37)31(54)42-18-28(52)45-24-16-19(3)48(35(24)58)25(11-15-39)33(56)46-23(10-14-38)32(55)47-29(20(4)49)34(57)40-6-2/h19-25,29,49H,5-18,36-39H2,1-4H3,(H,40,57)(H,41,53)(H,42,54)(H,43,50)(H,44,51)(H,45,52)(H,46,56)(H,47,55). The van der Waals surface area contributed by atoms with Gasteiger partial charge in [0.2, 0.25) is 53.2 Å². The topological polar surface area (TPSA) is 377 Å². The number of nitrogens with one attached hydrogen (secondary N) is 8. The van der Waals surface area contributed by atoms with Gasteiger partial charge in [-0.1, -0.05) is 6.92 Å². The summed E-state index contributed by atoms with van der Waals surface area (Å²) >= 11 is 0. The number of aliphatic hydroxyl groups excluding tert-OH is 1. The van der Waals surface area contributed by atoms with E-state index >= 15 is 0 Å². The number of carbonyl (C=O) groups excluding carboxylic acids is 9. The molecule has 0 aromatic carbocycles. The Morgan fingerprint density at radius 3 is 1.66 bits per heavy atom. The van der Waals surface area contributed by atoms with Crippen molar-refractivity contribution in [2.45, 2.75) is 121 Å². The minimum atomic E-state index is -1.31. The molecule has 0 aromatic rings. The average molecular weight is 828 g/mol. The zero-order chi connectivity index (χ0) is 43.9. The van der Waals surface area contributed by atoms with Crippen molar-refractivity contribution in [1.29, 1.82) is 0 Å². The molecule has 1 heterocycles. The Hall–Kier alpha value is -4.97. The molecule has 23 nitrogen and oxygen atoms in total. The number of aliphatic hydroxyl groups is 1. The maximum atomic E-state index is 13.6. The van der Waals surface area contributed by atoms with Crippen LogP contribution in [0.15, 0.2) is 0 Å². The third kappa shape index (κ3) is 16.9. The molecule has 8 atom stereocenters. The van der Waals surface area contributed by atoms with Gasteiger partial charge in [0.1, 0.15) is 36.3 Å². The van der Waals surface area contributed by atoms with Crippen LogP contribution >= 0.6 is 0 Å². The monoisotopic (exact) mass is 827 g/mol. The Morgan fingerprint density at radius 2 is 1.17 bits per heavy atom. The summed E-state index contributed by atoms with van der Waals surface area (Å²) in [5.74, 6) is -5.97. The molecule has 1 aliphatic heterocycles. The fourth-order valence-electron chi connectivity index (χ4n) is 6.17. The maximum Gasteiger partial charge on any atom is 0.246 e. The van der Waals surface area contributed by atoms with Gasteiger partial charge in [0.25, 0.3) is 0 Å². The van der Waals surface area contributed by atoms with Crippen LogP contribution in [-0.4, -0.2) is 157 Å². The molecule has 9 amide bonds. The van der Waals surface area contributed by atoms with E-state index in [0.717, 1.165) is 0 Å². The second-order valence-electron chi connectivity index (χ2n) is 13.9. The van der Waals surface area contributed by atoms with E-state index in [1.165, 1.54) is 11.8 Å². The van der Waals surface area contributed by atoms with Crippen LogP contribution in [0.2, 0.25) is 0 Å². The maximum absolute atomic E-state index is 13.6. The van der Waals surface area contributed by atoms with Crippen molar-refractivity contribution in [3.8, 4) is 0 Å². The first-order chi connectivity index (χ1) is 27.5. The predicted octanol–water partition coefficient (Wildman–Crippen LogP) is -6.66. The molecule has 0 radical (unpaired) electrons. The fourth-order valence-corrected chi connectivity index (χ4v) is 6.17. The summed E-state index contributed by atoms with van der Waals surface area (Å²) in [4.78, 5) is 117. The number of carbonyl (C=O) groups is 9. The summed E-state index contributed by atoms with van der Waals surface area (Å²) in [6.45, 7) is 5.63. The van der Waals surface area contributed by atoms with E-state index in [1.54, 1.807) is 20.8 Å². The van der Waals surface area contributed by atoms with E-state index in [2.05, 4.69) is 42.5 Å². The second kappa shape index (κ2) is 26.9. The van der Waals surface area contributed by atoms with Gasteiger partial charge in [-0.05, 0) is 85.5 Å². The zero-order valence-corrected chi connectivity index (χ0v) is 33.9. The summed E-state index contributed by atoms with van der Waals surface area (Å²) in [7, 11) is 0. The number of hydrogen-bond donors (Lipinski definition) is 13. The van der Waals surface area contributed by atoms with Gasteiger partial charge in [0.05, 0.1) is 19.2 Å². The van der Waals surface area contributed by atoms with Crippen molar-refractivity contribution in [3.05, 3.63) is 0 Å². The van der Waals surface area contributed by atoms with E-state index in [1.807, 2.05) is 0 Å². The number of amides is 9. The molecule has 0 spiro atoms. The van der Waals surface area contributed by atoms with Gasteiger partial charge in [0.15, 0.2) is 0 Å². The van der Waals surface area contributed by atoms with Crippen molar-refractivity contribution < 1.29 is 48.3 Å². The Bertz CT molecular complexity index is 1420. The van der Waals surface area contributed by atoms with Gasteiger partial charge in [-0.25, -0.2) is 0 Å². The lowest BCUT2D eigenvalue weighted by atomic mass is 10.1. The van der Waals surface area contributed by atoms with Gasteiger partial charge in [0, 0.05) is 19.0 Å². The van der Waals surface area contributed by atoms with Crippen LogP contribution in [-0.2, 0) is 43.2 Å². The van der Waals surface area contributed by atoms with Crippen molar-refractivity contribution in [2.24, 2.45) is 22.9 Å². The van der Waals surface area contributed by atoms with Crippen LogP contribution < -0.4 is 65.5 Å². The van der Waals surface area contributed by atoms with Gasteiger partial charge in [-0.2, -0.15) is 0 Å². The largest absolute Gasteiger partial charge is 0.391 e. The molecule has 0 bridgehead atoms. The van der Waals surface area contributed by atoms with E-state index in [-0.39, 0.29) is 77.2 Å². The van der Waals surface area contributed by atoms with Crippen LogP contribution in [0.1, 0.15) is 72.6 Å². The first kappa shape index (κ1) is 51.0. The third-order valence-electron chi connectivity index (χ3n) is 9.06. The molecule has 17 N–H and O–H groups in total. The molecule has 0 aliphatic carbocycles. The fraction of sp³-hybridized carbons (Fsp3) is 0.743. The zero-order valence-electron chi connectivity index (χ0n) is 33.9. The SMILES string of the molecule is CCCC(=O)NC(CCN)C(=O)NCC(=O)NC(CCN)C(=O)NCC(=O)NC1CC(C)N(C(CCN)C(=O)NC(CCN)C(=O)NC(C(=O)NCC)C(C)O)C1=O. The van der Waals surface area contributed by atoms with Gasteiger partial charge in [-0.3, -0.25) is 43.2 Å². The first-order valence-electron chi connectivity index (χ1n) is 19.6. The lowest BCUT2D eigenvalue weighted by molar-refractivity contribution is -0.142. The van der Waals surface area contributed by atoms with Crippen LogP contribution in [0.5, 0.6) is 0 Å². The lowest BCUT2D eigenvalue weighted by Crippen LogP contribution is -2.60. The minimum absolute atomic E-state index is 0.00740. The van der Waals surface area contributed by atoms with Gasteiger partial charge in [-0.15, -0.1) is 0 Å². The highest BCUT2D eigenvalue weighted by molar-refractivity contribution is 5.97. The number of nitrogens with two attached hydrogens (primary N) is 4. The van der Waals surface area contributed by atoms with Crippen LogP contribution in [0, 0.1) is 0 Å². The molecule has 23 heteroatoms. The molecule has 1 rings (SSSR count). The molecule has 1 saturated heterocycles.